The maximum absolute atomic E-state index is 9.10. The minimum Gasteiger partial charge on any atom is -0.497 e. The van der Waals surface area contributed by atoms with Gasteiger partial charge in [0.1, 0.15) is 5.75 Å². The van der Waals surface area contributed by atoms with Gasteiger partial charge in [-0.25, -0.2) is 14.6 Å². The molecular weight excluding hydrogens is 522 g/mol. The Bertz CT molecular complexity index is 1020. The van der Waals surface area contributed by atoms with Crippen molar-refractivity contribution in [2.24, 2.45) is 7.05 Å². The lowest BCUT2D eigenvalue weighted by molar-refractivity contribution is -0.159. The Hall–Kier alpha value is -2.85. The number of anilines is 1. The molecule has 3 aromatic rings. The van der Waals surface area contributed by atoms with Gasteiger partial charge in [-0.15, -0.1) is 0 Å². The highest BCUT2D eigenvalue weighted by Gasteiger charge is 2.11. The second kappa shape index (κ2) is 10.8. The molecule has 8 nitrogen and oxygen atoms in total. The third kappa shape index (κ3) is 6.33. The summed E-state index contributed by atoms with van der Waals surface area (Å²) in [6.45, 7) is 0.704. The quantitative estimate of drug-likeness (QED) is 0.411. The SMILES string of the molecule is COc1ccc(CNc2ncc(-c3ccc(Br)cc3Br)n2C)cc1.O=C(O)C(=O)O. The normalized spacial score (nSPS) is 10.0. The van der Waals surface area contributed by atoms with Gasteiger partial charge in [-0.1, -0.05) is 50.1 Å². The molecule has 1 aromatic heterocycles. The Kier molecular flexibility index (Phi) is 8.43. The van der Waals surface area contributed by atoms with Gasteiger partial charge >= 0.3 is 11.9 Å². The Morgan fingerprint density at radius 2 is 1.73 bits per heavy atom. The molecule has 0 unspecified atom stereocenters. The van der Waals surface area contributed by atoms with Crippen molar-refractivity contribution < 1.29 is 24.5 Å². The van der Waals surface area contributed by atoms with E-state index in [1.807, 2.05) is 49.6 Å². The fourth-order valence-electron chi connectivity index (χ4n) is 2.45. The minimum absolute atomic E-state index is 0.704. The number of methoxy groups -OCH3 is 1. The zero-order valence-electron chi connectivity index (χ0n) is 16.1. The first-order valence-corrected chi connectivity index (χ1v) is 10.1. The highest BCUT2D eigenvalue weighted by molar-refractivity contribution is 9.11. The van der Waals surface area contributed by atoms with Crippen molar-refractivity contribution in [3.63, 3.8) is 0 Å². The number of nitrogens with zero attached hydrogens (tertiary/aromatic N) is 2. The van der Waals surface area contributed by atoms with Crippen LogP contribution in [0.25, 0.3) is 11.3 Å². The molecule has 0 amide bonds. The predicted octanol–water partition coefficient (Wildman–Crippen LogP) is 4.39. The number of rotatable bonds is 5. The van der Waals surface area contributed by atoms with Gasteiger partial charge in [0.15, 0.2) is 0 Å². The van der Waals surface area contributed by atoms with Crippen molar-refractivity contribution in [3.8, 4) is 17.0 Å². The van der Waals surface area contributed by atoms with E-state index < -0.39 is 11.9 Å². The van der Waals surface area contributed by atoms with E-state index in [1.165, 1.54) is 5.56 Å². The molecule has 0 aliphatic carbocycles. The van der Waals surface area contributed by atoms with Crippen molar-refractivity contribution in [1.29, 1.82) is 0 Å². The molecule has 10 heteroatoms. The third-order valence-corrected chi connectivity index (χ3v) is 5.14. The van der Waals surface area contributed by atoms with Gasteiger partial charge in [-0.3, -0.25) is 0 Å². The van der Waals surface area contributed by atoms with Gasteiger partial charge in [0.2, 0.25) is 5.95 Å². The van der Waals surface area contributed by atoms with Crippen molar-refractivity contribution in [1.82, 2.24) is 9.55 Å². The highest BCUT2D eigenvalue weighted by Crippen LogP contribution is 2.31. The molecule has 0 aliphatic heterocycles. The first-order chi connectivity index (χ1) is 14.2. The molecule has 158 valence electrons. The van der Waals surface area contributed by atoms with Gasteiger partial charge < -0.3 is 24.8 Å². The predicted molar refractivity (Wildman–Crippen MR) is 120 cm³/mol. The van der Waals surface area contributed by atoms with Crippen LogP contribution in [0.3, 0.4) is 0 Å². The summed E-state index contributed by atoms with van der Waals surface area (Å²) in [5, 5.41) is 18.2. The van der Waals surface area contributed by atoms with Gasteiger partial charge in [-0.05, 0) is 29.8 Å². The van der Waals surface area contributed by atoms with E-state index in [4.69, 9.17) is 24.5 Å². The first-order valence-electron chi connectivity index (χ1n) is 8.53. The molecule has 3 rings (SSSR count). The van der Waals surface area contributed by atoms with E-state index in [1.54, 1.807) is 7.11 Å². The third-order valence-electron chi connectivity index (χ3n) is 3.99. The number of carboxylic acids is 2. The minimum atomic E-state index is -1.82. The molecule has 0 saturated carbocycles. The van der Waals surface area contributed by atoms with Crippen LogP contribution in [0.2, 0.25) is 0 Å². The highest BCUT2D eigenvalue weighted by atomic mass is 79.9. The smallest absolute Gasteiger partial charge is 0.414 e. The summed E-state index contributed by atoms with van der Waals surface area (Å²) >= 11 is 7.09. The molecule has 0 aliphatic rings. The monoisotopic (exact) mass is 539 g/mol. The fraction of sp³-hybridized carbons (Fsp3) is 0.150. The summed E-state index contributed by atoms with van der Waals surface area (Å²) < 4.78 is 9.30. The number of halogens is 2. The summed E-state index contributed by atoms with van der Waals surface area (Å²) in [5.74, 6) is -1.96. The zero-order valence-corrected chi connectivity index (χ0v) is 19.3. The Morgan fingerprint density at radius 3 is 2.27 bits per heavy atom. The molecule has 1 heterocycles. The summed E-state index contributed by atoms with van der Waals surface area (Å²) in [4.78, 5) is 22.7. The molecule has 0 spiro atoms. The van der Waals surface area contributed by atoms with E-state index in [0.717, 1.165) is 31.9 Å². The molecule has 0 atom stereocenters. The molecule has 30 heavy (non-hydrogen) atoms. The number of aromatic nitrogens is 2. The largest absolute Gasteiger partial charge is 0.497 e. The van der Waals surface area contributed by atoms with E-state index in [2.05, 4.69) is 52.8 Å². The van der Waals surface area contributed by atoms with Crippen molar-refractivity contribution in [3.05, 3.63) is 63.2 Å². The maximum atomic E-state index is 9.10. The van der Waals surface area contributed by atoms with E-state index >= 15 is 0 Å². The number of hydrogen-bond donors (Lipinski definition) is 3. The van der Waals surface area contributed by atoms with Gasteiger partial charge in [-0.2, -0.15) is 0 Å². The number of nitrogens with one attached hydrogen (secondary N) is 1. The van der Waals surface area contributed by atoms with Gasteiger partial charge in [0.25, 0.3) is 0 Å². The number of carboxylic acid groups (broad SMARTS) is 2. The second-order valence-electron chi connectivity index (χ2n) is 5.96. The van der Waals surface area contributed by atoms with E-state index in [-0.39, 0.29) is 0 Å². The summed E-state index contributed by atoms with van der Waals surface area (Å²) in [7, 11) is 3.68. The standard InChI is InChI=1S/C18H17Br2N3O.C2H2O4/c1-23-17(15-8-5-13(19)9-16(15)20)11-22-18(23)21-10-12-3-6-14(24-2)7-4-12;3-1(4)2(5)6/h3-9,11H,10H2,1-2H3,(H,21,22);(H,3,4)(H,5,6). The Labute approximate surface area is 189 Å². The summed E-state index contributed by atoms with van der Waals surface area (Å²) in [5.41, 5.74) is 3.32. The zero-order chi connectivity index (χ0) is 22.3. The van der Waals surface area contributed by atoms with Crippen molar-refractivity contribution >= 4 is 49.7 Å². The summed E-state index contributed by atoms with van der Waals surface area (Å²) in [6.07, 6.45) is 1.88. The fourth-order valence-corrected chi connectivity index (χ4v) is 3.70. The molecule has 0 bridgehead atoms. The van der Waals surface area contributed by atoms with Crippen LogP contribution >= 0.6 is 31.9 Å². The average molecular weight is 541 g/mol. The molecule has 0 saturated heterocycles. The van der Waals surface area contributed by atoms with Crippen LogP contribution in [-0.2, 0) is 23.2 Å². The second-order valence-corrected chi connectivity index (χ2v) is 7.73. The first kappa shape index (κ1) is 23.4. The van der Waals surface area contributed by atoms with Crippen LogP contribution in [0.1, 0.15) is 5.56 Å². The Morgan fingerprint density at radius 1 is 1.10 bits per heavy atom. The number of aliphatic carboxylic acids is 2. The molecule has 3 N–H and O–H groups in total. The molecule has 0 radical (unpaired) electrons. The lowest BCUT2D eigenvalue weighted by Gasteiger charge is -2.10. The number of benzene rings is 2. The van der Waals surface area contributed by atoms with Crippen LogP contribution < -0.4 is 10.1 Å². The summed E-state index contributed by atoms with van der Waals surface area (Å²) in [6, 6.07) is 14.1. The topological polar surface area (TPSA) is 114 Å². The van der Waals surface area contributed by atoms with E-state index in [0.29, 0.717) is 6.54 Å². The van der Waals surface area contributed by atoms with Crippen molar-refractivity contribution in [2.45, 2.75) is 6.54 Å². The van der Waals surface area contributed by atoms with Crippen molar-refractivity contribution in [2.75, 3.05) is 12.4 Å². The number of carbonyl (C=O) groups is 2. The van der Waals surface area contributed by atoms with E-state index in [9.17, 15) is 0 Å². The van der Waals surface area contributed by atoms with Crippen LogP contribution in [0.5, 0.6) is 5.75 Å². The molecule has 2 aromatic carbocycles. The number of imidazole rings is 1. The van der Waals surface area contributed by atoms with Crippen LogP contribution in [-0.4, -0.2) is 38.8 Å². The molecular formula is C20H19Br2N3O5. The van der Waals surface area contributed by atoms with Crippen LogP contribution in [0.4, 0.5) is 5.95 Å². The van der Waals surface area contributed by atoms with Gasteiger partial charge in [0, 0.05) is 28.1 Å². The van der Waals surface area contributed by atoms with Gasteiger partial charge in [0.05, 0.1) is 19.0 Å². The van der Waals surface area contributed by atoms with Crippen LogP contribution in [0.15, 0.2) is 57.6 Å². The van der Waals surface area contributed by atoms with Crippen LogP contribution in [0, 0.1) is 0 Å². The number of hydrogen-bond acceptors (Lipinski definition) is 5. The lowest BCUT2D eigenvalue weighted by Crippen LogP contribution is -2.09. The Balaban J connectivity index is 0.000000469. The maximum Gasteiger partial charge on any atom is 0.414 e. The average Bonchev–Trinajstić information content (AvgIpc) is 3.07. The number of ether oxygens (including phenoxy) is 1. The molecule has 0 fully saturated rings. The lowest BCUT2D eigenvalue weighted by atomic mass is 10.2.